The number of carbonyl (C=O) groups is 1. The number of nitrogens with one attached hydrogen (secondary N) is 2. The number of hydrogen-bond acceptors (Lipinski definition) is 3. The van der Waals surface area contributed by atoms with Crippen LogP contribution in [-0.4, -0.2) is 34.6 Å². The lowest BCUT2D eigenvalue weighted by molar-refractivity contribution is 0.197. The Kier molecular flexibility index (Phi) is 5.18. The molecule has 0 aliphatic rings. The second-order valence-electron chi connectivity index (χ2n) is 5.78. The van der Waals surface area contributed by atoms with Crippen LogP contribution in [0.3, 0.4) is 0 Å². The van der Waals surface area contributed by atoms with Crippen LogP contribution in [0.5, 0.6) is 5.88 Å². The molecule has 2 amide bonds. The van der Waals surface area contributed by atoms with Crippen LogP contribution in [-0.2, 0) is 13.1 Å². The molecule has 2 N–H and O–H groups in total. The first-order chi connectivity index (χ1) is 12.2. The average Bonchev–Trinajstić information content (AvgIpc) is 3.12. The van der Waals surface area contributed by atoms with Gasteiger partial charge < -0.3 is 19.9 Å². The van der Waals surface area contributed by atoms with Crippen LogP contribution in [0.25, 0.3) is 10.9 Å². The molecule has 0 spiro atoms. The van der Waals surface area contributed by atoms with Gasteiger partial charge in [0.1, 0.15) is 0 Å². The van der Waals surface area contributed by atoms with Crippen LogP contribution < -0.4 is 10.1 Å². The van der Waals surface area contributed by atoms with Gasteiger partial charge in [-0.2, -0.15) is 0 Å². The van der Waals surface area contributed by atoms with E-state index in [0.29, 0.717) is 25.5 Å². The third-order valence-electron chi connectivity index (χ3n) is 4.11. The number of H-pyrrole nitrogens is 1. The summed E-state index contributed by atoms with van der Waals surface area (Å²) in [6.45, 7) is 3.62. The number of rotatable bonds is 6. The van der Waals surface area contributed by atoms with Crippen molar-refractivity contribution in [2.75, 3.05) is 13.7 Å². The Labute approximate surface area is 146 Å². The van der Waals surface area contributed by atoms with Crippen LogP contribution in [0.2, 0.25) is 0 Å². The van der Waals surface area contributed by atoms with Crippen LogP contribution in [0, 0.1) is 0 Å². The second-order valence-corrected chi connectivity index (χ2v) is 5.78. The smallest absolute Gasteiger partial charge is 0.317 e. The Hall–Kier alpha value is -3.02. The molecule has 1 aromatic carbocycles. The molecular formula is C19H22N4O2. The Morgan fingerprint density at radius 1 is 1.24 bits per heavy atom. The molecule has 0 atom stereocenters. The van der Waals surface area contributed by atoms with Gasteiger partial charge in [0.2, 0.25) is 5.88 Å². The van der Waals surface area contributed by atoms with Gasteiger partial charge in [-0.3, -0.25) is 0 Å². The zero-order chi connectivity index (χ0) is 17.6. The van der Waals surface area contributed by atoms with Gasteiger partial charge in [-0.1, -0.05) is 12.1 Å². The molecule has 0 radical (unpaired) electrons. The maximum atomic E-state index is 12.5. The molecule has 2 aromatic heterocycles. The van der Waals surface area contributed by atoms with Crippen LogP contribution >= 0.6 is 0 Å². The van der Waals surface area contributed by atoms with Crippen molar-refractivity contribution < 1.29 is 9.53 Å². The first-order valence-corrected chi connectivity index (χ1v) is 8.27. The molecule has 3 aromatic rings. The van der Waals surface area contributed by atoms with E-state index in [1.807, 2.05) is 37.4 Å². The van der Waals surface area contributed by atoms with Crippen molar-refractivity contribution in [3.8, 4) is 5.88 Å². The molecule has 3 rings (SSSR count). The van der Waals surface area contributed by atoms with E-state index in [-0.39, 0.29) is 6.03 Å². The molecule has 0 saturated heterocycles. The second kappa shape index (κ2) is 7.70. The zero-order valence-electron chi connectivity index (χ0n) is 14.5. The minimum atomic E-state index is -0.0903. The summed E-state index contributed by atoms with van der Waals surface area (Å²) in [7, 11) is 1.58. The molecule has 130 valence electrons. The summed E-state index contributed by atoms with van der Waals surface area (Å²) >= 11 is 0. The maximum absolute atomic E-state index is 12.5. The number of carbonyl (C=O) groups excluding carboxylic acids is 1. The minimum Gasteiger partial charge on any atom is -0.481 e. The monoisotopic (exact) mass is 338 g/mol. The van der Waals surface area contributed by atoms with E-state index < -0.39 is 0 Å². The number of fused-ring (bicyclic) bond motifs is 1. The van der Waals surface area contributed by atoms with Gasteiger partial charge in [-0.15, -0.1) is 0 Å². The third-order valence-corrected chi connectivity index (χ3v) is 4.11. The molecule has 6 heteroatoms. The predicted molar refractivity (Wildman–Crippen MR) is 97.4 cm³/mol. The molecule has 2 heterocycles. The highest BCUT2D eigenvalue weighted by atomic mass is 16.5. The lowest BCUT2D eigenvalue weighted by atomic mass is 10.1. The summed E-state index contributed by atoms with van der Waals surface area (Å²) in [5, 5.41) is 4.09. The number of urea groups is 1. The van der Waals surface area contributed by atoms with Crippen molar-refractivity contribution in [1.82, 2.24) is 20.2 Å². The van der Waals surface area contributed by atoms with Gasteiger partial charge in [-0.05, 0) is 41.6 Å². The summed E-state index contributed by atoms with van der Waals surface area (Å²) in [4.78, 5) is 21.6. The lowest BCUT2D eigenvalue weighted by Crippen LogP contribution is -2.39. The normalized spacial score (nSPS) is 10.6. The van der Waals surface area contributed by atoms with Gasteiger partial charge in [0.05, 0.1) is 7.11 Å². The van der Waals surface area contributed by atoms with Crippen LogP contribution in [0.4, 0.5) is 4.79 Å². The third kappa shape index (κ3) is 4.09. The highest BCUT2D eigenvalue weighted by Crippen LogP contribution is 2.16. The number of amides is 2. The summed E-state index contributed by atoms with van der Waals surface area (Å²) in [6.07, 6.45) is 3.62. The highest BCUT2D eigenvalue weighted by Gasteiger charge is 2.12. The standard InChI is InChI=1S/C19H22N4O2/c1-3-23(13-14-4-6-17-16(10-14)8-9-20-17)19(24)22-12-15-5-7-18(25-2)21-11-15/h4-11,20H,3,12-13H2,1-2H3,(H,22,24). The van der Waals surface area contributed by atoms with Crippen LogP contribution in [0.15, 0.2) is 48.8 Å². The van der Waals surface area contributed by atoms with Crippen LogP contribution in [0.1, 0.15) is 18.1 Å². The number of ether oxygens (including phenoxy) is 1. The zero-order valence-corrected chi connectivity index (χ0v) is 14.5. The number of aromatic nitrogens is 2. The molecule has 0 aliphatic carbocycles. The van der Waals surface area contributed by atoms with E-state index in [1.54, 1.807) is 24.3 Å². The van der Waals surface area contributed by atoms with Crippen molar-refractivity contribution in [1.29, 1.82) is 0 Å². The average molecular weight is 338 g/mol. The molecule has 0 unspecified atom stereocenters. The van der Waals surface area contributed by atoms with Gasteiger partial charge in [0, 0.05) is 43.6 Å². The Morgan fingerprint density at radius 3 is 2.80 bits per heavy atom. The summed E-state index contributed by atoms with van der Waals surface area (Å²) in [5.41, 5.74) is 3.14. The predicted octanol–water partition coefficient (Wildman–Crippen LogP) is 3.30. The Balaban J connectivity index is 1.60. The molecule has 25 heavy (non-hydrogen) atoms. The molecule has 0 saturated carbocycles. The summed E-state index contributed by atoms with van der Waals surface area (Å²) < 4.78 is 5.03. The van der Waals surface area contributed by atoms with Gasteiger partial charge >= 0.3 is 6.03 Å². The van der Waals surface area contributed by atoms with Gasteiger partial charge in [0.25, 0.3) is 0 Å². The Bertz CT molecular complexity index is 842. The number of pyridine rings is 1. The van der Waals surface area contributed by atoms with Crippen molar-refractivity contribution in [3.63, 3.8) is 0 Å². The molecule has 6 nitrogen and oxygen atoms in total. The number of nitrogens with zero attached hydrogens (tertiary/aromatic N) is 2. The fourth-order valence-corrected chi connectivity index (χ4v) is 2.67. The lowest BCUT2D eigenvalue weighted by Gasteiger charge is -2.21. The van der Waals surface area contributed by atoms with Crippen molar-refractivity contribution in [3.05, 3.63) is 59.9 Å². The molecule has 0 aliphatic heterocycles. The first-order valence-electron chi connectivity index (χ1n) is 8.27. The largest absolute Gasteiger partial charge is 0.481 e. The first kappa shape index (κ1) is 16.8. The number of benzene rings is 1. The van der Waals surface area contributed by atoms with Crippen molar-refractivity contribution in [2.45, 2.75) is 20.0 Å². The van der Waals surface area contributed by atoms with E-state index in [0.717, 1.165) is 22.0 Å². The van der Waals surface area contributed by atoms with E-state index in [2.05, 4.69) is 21.4 Å². The van der Waals surface area contributed by atoms with E-state index in [9.17, 15) is 4.79 Å². The maximum Gasteiger partial charge on any atom is 0.317 e. The van der Waals surface area contributed by atoms with E-state index in [4.69, 9.17) is 4.74 Å². The van der Waals surface area contributed by atoms with Crippen molar-refractivity contribution in [2.24, 2.45) is 0 Å². The summed E-state index contributed by atoms with van der Waals surface area (Å²) in [5.74, 6) is 0.561. The van der Waals surface area contributed by atoms with Gasteiger partial charge in [0.15, 0.2) is 0 Å². The Morgan fingerprint density at radius 2 is 2.08 bits per heavy atom. The van der Waals surface area contributed by atoms with E-state index in [1.165, 1.54) is 0 Å². The van der Waals surface area contributed by atoms with Gasteiger partial charge in [-0.25, -0.2) is 9.78 Å². The molecular weight excluding hydrogens is 316 g/mol. The number of hydrogen-bond donors (Lipinski definition) is 2. The summed E-state index contributed by atoms with van der Waals surface area (Å²) in [6, 6.07) is 11.8. The topological polar surface area (TPSA) is 70.2 Å². The number of aromatic amines is 1. The fraction of sp³-hybridized carbons (Fsp3) is 0.263. The molecule has 0 bridgehead atoms. The molecule has 0 fully saturated rings. The quantitative estimate of drug-likeness (QED) is 0.724. The number of methoxy groups -OCH3 is 1. The fourth-order valence-electron chi connectivity index (χ4n) is 2.67. The SMILES string of the molecule is CCN(Cc1ccc2[nH]ccc2c1)C(=O)NCc1ccc(OC)nc1. The van der Waals surface area contributed by atoms with E-state index >= 15 is 0 Å². The van der Waals surface area contributed by atoms with Crippen molar-refractivity contribution >= 4 is 16.9 Å². The highest BCUT2D eigenvalue weighted by molar-refractivity contribution is 5.80. The minimum absolute atomic E-state index is 0.0903.